The van der Waals surface area contributed by atoms with Gasteiger partial charge in [0.2, 0.25) is 5.91 Å². The van der Waals surface area contributed by atoms with Gasteiger partial charge in [-0.3, -0.25) is 14.5 Å². The molecular formula is C24H31N3O4S. The molecule has 1 atom stereocenters. The van der Waals surface area contributed by atoms with Gasteiger partial charge in [-0.2, -0.15) is 0 Å². The molecule has 2 aliphatic rings. The fourth-order valence-corrected chi connectivity index (χ4v) is 5.92. The Morgan fingerprint density at radius 2 is 2.00 bits per heavy atom. The number of thiophene rings is 1. The van der Waals surface area contributed by atoms with E-state index in [4.69, 9.17) is 9.47 Å². The van der Waals surface area contributed by atoms with Gasteiger partial charge in [0.25, 0.3) is 5.91 Å². The first kappa shape index (κ1) is 22.6. The van der Waals surface area contributed by atoms with Crippen LogP contribution in [0.4, 0.5) is 10.7 Å². The van der Waals surface area contributed by atoms with E-state index in [-0.39, 0.29) is 11.8 Å². The fraction of sp³-hybridized carbons (Fsp3) is 0.500. The summed E-state index contributed by atoms with van der Waals surface area (Å²) in [7, 11) is 3.14. The Hall–Kier alpha value is -2.58. The van der Waals surface area contributed by atoms with Gasteiger partial charge in [-0.05, 0) is 62.3 Å². The van der Waals surface area contributed by atoms with Gasteiger partial charge in [0.05, 0.1) is 32.0 Å². The summed E-state index contributed by atoms with van der Waals surface area (Å²) in [4.78, 5) is 29.5. The van der Waals surface area contributed by atoms with Crippen molar-refractivity contribution in [1.29, 1.82) is 0 Å². The fourth-order valence-electron chi connectivity index (χ4n) is 4.62. The molecule has 2 N–H and O–H groups in total. The van der Waals surface area contributed by atoms with Crippen LogP contribution in [0.2, 0.25) is 0 Å². The Balaban J connectivity index is 1.52. The summed E-state index contributed by atoms with van der Waals surface area (Å²) >= 11 is 1.53. The molecule has 1 aliphatic heterocycles. The molecule has 2 heterocycles. The van der Waals surface area contributed by atoms with E-state index < -0.39 is 0 Å². The van der Waals surface area contributed by atoms with E-state index in [9.17, 15) is 9.59 Å². The Labute approximate surface area is 193 Å². The largest absolute Gasteiger partial charge is 0.497 e. The number of hydrogen-bond donors (Lipinski definition) is 2. The van der Waals surface area contributed by atoms with Gasteiger partial charge in [0, 0.05) is 17.5 Å². The van der Waals surface area contributed by atoms with Gasteiger partial charge in [-0.25, -0.2) is 0 Å². The number of rotatable bonds is 7. The Kier molecular flexibility index (Phi) is 7.01. The molecule has 0 bridgehead atoms. The molecule has 0 spiro atoms. The molecule has 1 aromatic carbocycles. The van der Waals surface area contributed by atoms with E-state index in [0.29, 0.717) is 40.2 Å². The monoisotopic (exact) mass is 457 g/mol. The summed E-state index contributed by atoms with van der Waals surface area (Å²) in [5.74, 6) is 1.50. The summed E-state index contributed by atoms with van der Waals surface area (Å²) in [5.41, 5.74) is 2.21. The number of benzene rings is 1. The van der Waals surface area contributed by atoms with Crippen molar-refractivity contribution in [2.45, 2.75) is 39.0 Å². The van der Waals surface area contributed by atoms with Crippen LogP contribution in [0.25, 0.3) is 0 Å². The van der Waals surface area contributed by atoms with Crippen LogP contribution in [0.1, 0.15) is 47.0 Å². The zero-order chi connectivity index (χ0) is 22.7. The summed E-state index contributed by atoms with van der Waals surface area (Å²) in [6.45, 7) is 4.48. The molecule has 8 heteroatoms. The number of amides is 2. The van der Waals surface area contributed by atoms with Gasteiger partial charge in [-0.15, -0.1) is 11.3 Å². The first-order chi connectivity index (χ1) is 15.5. The number of hydrogen-bond acceptors (Lipinski definition) is 6. The lowest BCUT2D eigenvalue weighted by Gasteiger charge is -2.30. The van der Waals surface area contributed by atoms with Gasteiger partial charge < -0.3 is 20.1 Å². The number of methoxy groups -OCH3 is 2. The SMILES string of the molecule is COc1ccc(NC(=O)c2c(NC(=O)CN3CCC[C@H](C)C3)sc3c2CCC3)c(OC)c1. The highest BCUT2D eigenvalue weighted by Crippen LogP contribution is 2.40. The number of likely N-dealkylation sites (tertiary alicyclic amines) is 1. The van der Waals surface area contributed by atoms with E-state index in [1.807, 2.05) is 0 Å². The molecular weight excluding hydrogens is 426 g/mol. The van der Waals surface area contributed by atoms with E-state index in [1.165, 1.54) is 22.6 Å². The van der Waals surface area contributed by atoms with Gasteiger partial charge in [-0.1, -0.05) is 6.92 Å². The first-order valence-electron chi connectivity index (χ1n) is 11.2. The Morgan fingerprint density at radius 1 is 1.16 bits per heavy atom. The maximum Gasteiger partial charge on any atom is 0.259 e. The average molecular weight is 458 g/mol. The molecule has 0 saturated carbocycles. The molecule has 0 radical (unpaired) electrons. The molecule has 1 aromatic heterocycles. The zero-order valence-corrected chi connectivity index (χ0v) is 19.8. The van der Waals surface area contributed by atoms with Crippen molar-refractivity contribution in [1.82, 2.24) is 4.90 Å². The first-order valence-corrected chi connectivity index (χ1v) is 12.0. The van der Waals surface area contributed by atoms with Gasteiger partial charge in [0.15, 0.2) is 0 Å². The number of anilines is 2. The quantitative estimate of drug-likeness (QED) is 0.652. The number of nitrogens with zero attached hydrogens (tertiary/aromatic N) is 1. The highest BCUT2D eigenvalue weighted by molar-refractivity contribution is 7.17. The number of piperidine rings is 1. The summed E-state index contributed by atoms with van der Waals surface area (Å²) in [5, 5.41) is 6.66. The molecule has 1 saturated heterocycles. The minimum atomic E-state index is -0.227. The molecule has 1 aliphatic carbocycles. The maximum absolute atomic E-state index is 13.3. The third-order valence-electron chi connectivity index (χ3n) is 6.17. The molecule has 172 valence electrons. The normalized spacial score (nSPS) is 18.2. The number of carbonyl (C=O) groups is 2. The second-order valence-electron chi connectivity index (χ2n) is 8.61. The molecule has 32 heavy (non-hydrogen) atoms. The van der Waals surface area contributed by atoms with Crippen molar-refractivity contribution in [2.24, 2.45) is 5.92 Å². The van der Waals surface area contributed by atoms with Crippen LogP contribution in [-0.2, 0) is 17.6 Å². The summed E-state index contributed by atoms with van der Waals surface area (Å²) in [6, 6.07) is 5.27. The lowest BCUT2D eigenvalue weighted by molar-refractivity contribution is -0.117. The molecule has 2 amide bonds. The van der Waals surface area contributed by atoms with Crippen LogP contribution in [0.15, 0.2) is 18.2 Å². The van der Waals surface area contributed by atoms with E-state index in [2.05, 4.69) is 22.5 Å². The Morgan fingerprint density at radius 3 is 2.75 bits per heavy atom. The number of ether oxygens (including phenoxy) is 2. The van der Waals surface area contributed by atoms with Crippen LogP contribution in [0.3, 0.4) is 0 Å². The van der Waals surface area contributed by atoms with Crippen LogP contribution in [-0.4, -0.2) is 50.6 Å². The third kappa shape index (κ3) is 4.91. The number of nitrogens with one attached hydrogen (secondary N) is 2. The number of fused-ring (bicyclic) bond motifs is 1. The predicted molar refractivity (Wildman–Crippen MR) is 127 cm³/mol. The van der Waals surface area contributed by atoms with Crippen molar-refractivity contribution < 1.29 is 19.1 Å². The predicted octanol–water partition coefficient (Wildman–Crippen LogP) is 4.18. The maximum atomic E-state index is 13.3. The lowest BCUT2D eigenvalue weighted by Crippen LogP contribution is -2.39. The van der Waals surface area contributed by atoms with Crippen LogP contribution >= 0.6 is 11.3 Å². The average Bonchev–Trinajstić information content (AvgIpc) is 3.34. The lowest BCUT2D eigenvalue weighted by atomic mass is 10.0. The standard InChI is InChI=1S/C24H31N3O4S/c1-15-6-5-11-27(13-15)14-21(28)26-24-22(17-7-4-8-20(17)32-24)23(29)25-18-10-9-16(30-2)12-19(18)31-3/h9-10,12,15H,4-8,11,13-14H2,1-3H3,(H,25,29)(H,26,28)/t15-/m0/s1. The highest BCUT2D eigenvalue weighted by atomic mass is 32.1. The number of aryl methyl sites for hydroxylation is 1. The van der Waals surface area contributed by atoms with Gasteiger partial charge in [0.1, 0.15) is 16.5 Å². The molecule has 4 rings (SSSR count). The third-order valence-corrected chi connectivity index (χ3v) is 7.37. The Bertz CT molecular complexity index is 1000. The second-order valence-corrected chi connectivity index (χ2v) is 9.72. The van der Waals surface area contributed by atoms with Crippen molar-refractivity contribution >= 4 is 33.8 Å². The minimum absolute atomic E-state index is 0.0601. The van der Waals surface area contributed by atoms with Crippen LogP contribution in [0, 0.1) is 5.92 Å². The van der Waals surface area contributed by atoms with Crippen LogP contribution < -0.4 is 20.1 Å². The second kappa shape index (κ2) is 9.92. The van der Waals surface area contributed by atoms with Crippen molar-refractivity contribution in [3.63, 3.8) is 0 Å². The van der Waals surface area contributed by atoms with E-state index in [1.54, 1.807) is 32.4 Å². The van der Waals surface area contributed by atoms with Gasteiger partial charge >= 0.3 is 0 Å². The van der Waals surface area contributed by atoms with Crippen molar-refractivity contribution in [3.05, 3.63) is 34.2 Å². The van der Waals surface area contributed by atoms with Crippen molar-refractivity contribution in [2.75, 3.05) is 44.5 Å². The summed E-state index contributed by atoms with van der Waals surface area (Å²) in [6.07, 6.45) is 5.18. The smallest absolute Gasteiger partial charge is 0.259 e. The zero-order valence-electron chi connectivity index (χ0n) is 19.0. The molecule has 1 fully saturated rings. The van der Waals surface area contributed by atoms with Crippen LogP contribution in [0.5, 0.6) is 11.5 Å². The van der Waals surface area contributed by atoms with E-state index >= 15 is 0 Å². The molecule has 7 nitrogen and oxygen atoms in total. The highest BCUT2D eigenvalue weighted by Gasteiger charge is 2.28. The molecule has 2 aromatic rings. The minimum Gasteiger partial charge on any atom is -0.497 e. The number of carbonyl (C=O) groups excluding carboxylic acids is 2. The van der Waals surface area contributed by atoms with E-state index in [0.717, 1.165) is 44.3 Å². The topological polar surface area (TPSA) is 79.9 Å². The molecule has 0 unspecified atom stereocenters. The summed E-state index contributed by atoms with van der Waals surface area (Å²) < 4.78 is 10.7. The van der Waals surface area contributed by atoms with Crippen molar-refractivity contribution in [3.8, 4) is 11.5 Å².